The summed E-state index contributed by atoms with van der Waals surface area (Å²) < 4.78 is 39.0. The van der Waals surface area contributed by atoms with E-state index >= 15 is 0 Å². The Morgan fingerprint density at radius 3 is 2.81 bits per heavy atom. The van der Waals surface area contributed by atoms with Gasteiger partial charge in [-0.3, -0.25) is 9.48 Å². The van der Waals surface area contributed by atoms with Gasteiger partial charge in [0.05, 0.1) is 11.8 Å². The quantitative estimate of drug-likeness (QED) is 0.451. The Labute approximate surface area is 154 Å². The number of furan rings is 1. The first kappa shape index (κ1) is 18.6. The van der Waals surface area contributed by atoms with Crippen LogP contribution in [0.4, 0.5) is 8.78 Å². The molecule has 1 aromatic carbocycles. The fraction of sp³-hybridized carbons (Fsp3) is 0.200. The van der Waals surface area contributed by atoms with E-state index in [0.29, 0.717) is 23.6 Å². The van der Waals surface area contributed by atoms with Crippen LogP contribution in [0.1, 0.15) is 34.5 Å². The Morgan fingerprint density at radius 1 is 1.30 bits per heavy atom. The number of carbonyl (C=O) groups is 1. The van der Waals surface area contributed by atoms with E-state index in [4.69, 9.17) is 9.15 Å². The van der Waals surface area contributed by atoms with Gasteiger partial charge in [-0.2, -0.15) is 5.10 Å². The molecule has 0 aliphatic rings. The normalized spacial score (nSPS) is 11.3. The van der Waals surface area contributed by atoms with Crippen LogP contribution < -0.4 is 4.74 Å². The van der Waals surface area contributed by atoms with Crippen LogP contribution in [0.3, 0.4) is 0 Å². The maximum atomic E-state index is 13.5. The molecule has 0 bridgehead atoms. The maximum absolute atomic E-state index is 13.5. The number of aromatic nitrogens is 2. The molecule has 0 aliphatic heterocycles. The minimum Gasteiger partial charge on any atom is -0.483 e. The number of benzene rings is 1. The van der Waals surface area contributed by atoms with Crippen LogP contribution in [-0.2, 0) is 13.2 Å². The molecule has 5 nitrogen and oxygen atoms in total. The molecule has 27 heavy (non-hydrogen) atoms. The summed E-state index contributed by atoms with van der Waals surface area (Å²) in [5, 5.41) is 4.15. The van der Waals surface area contributed by atoms with E-state index in [1.165, 1.54) is 12.1 Å². The summed E-state index contributed by atoms with van der Waals surface area (Å²) in [5.74, 6) is -0.786. The van der Waals surface area contributed by atoms with Crippen LogP contribution in [0.15, 0.2) is 47.0 Å². The number of halogens is 2. The minimum absolute atomic E-state index is 0.0211. The van der Waals surface area contributed by atoms with E-state index in [9.17, 15) is 13.6 Å². The van der Waals surface area contributed by atoms with Gasteiger partial charge in [0, 0.05) is 18.3 Å². The van der Waals surface area contributed by atoms with Crippen LogP contribution >= 0.6 is 0 Å². The molecule has 0 unspecified atom stereocenters. The zero-order valence-electron chi connectivity index (χ0n) is 14.9. The second-order valence-corrected chi connectivity index (χ2v) is 5.82. The van der Waals surface area contributed by atoms with E-state index < -0.39 is 11.6 Å². The third-order valence-corrected chi connectivity index (χ3v) is 4.01. The second-order valence-electron chi connectivity index (χ2n) is 5.82. The number of ether oxygens (including phenoxy) is 1. The highest BCUT2D eigenvalue weighted by molar-refractivity contribution is 6.07. The number of nitrogens with zero attached hydrogens (tertiary/aromatic N) is 2. The number of hydrogen-bond acceptors (Lipinski definition) is 4. The Morgan fingerprint density at radius 2 is 2.11 bits per heavy atom. The molecular weight excluding hydrogens is 354 g/mol. The van der Waals surface area contributed by atoms with Crippen molar-refractivity contribution in [1.29, 1.82) is 0 Å². The number of ketones is 1. The van der Waals surface area contributed by atoms with Gasteiger partial charge in [0.15, 0.2) is 17.3 Å². The number of allylic oxidation sites excluding steroid dienone is 1. The topological polar surface area (TPSA) is 57.3 Å². The SMILES string of the molecule is CCn1ncc(C(=O)/C=C/c2ccc(COc3ccc(F)cc3F)o2)c1C. The maximum Gasteiger partial charge on any atom is 0.189 e. The number of aryl methyl sites for hydroxylation is 1. The molecule has 0 saturated carbocycles. The first-order chi connectivity index (χ1) is 13.0. The number of hydrogen-bond donors (Lipinski definition) is 0. The van der Waals surface area contributed by atoms with Gasteiger partial charge in [-0.25, -0.2) is 8.78 Å². The molecular formula is C20H18F2N2O3. The Hall–Kier alpha value is -3.22. The molecule has 0 atom stereocenters. The summed E-state index contributed by atoms with van der Waals surface area (Å²) in [6, 6.07) is 6.41. The lowest BCUT2D eigenvalue weighted by Crippen LogP contribution is -2.01. The summed E-state index contributed by atoms with van der Waals surface area (Å²) >= 11 is 0. The lowest BCUT2D eigenvalue weighted by molar-refractivity contribution is 0.104. The van der Waals surface area contributed by atoms with Crippen molar-refractivity contribution in [3.8, 4) is 5.75 Å². The van der Waals surface area contributed by atoms with Crippen LogP contribution in [0, 0.1) is 18.6 Å². The predicted octanol–water partition coefficient (Wildman–Crippen LogP) is 4.56. The average molecular weight is 372 g/mol. The second kappa shape index (κ2) is 7.99. The fourth-order valence-electron chi connectivity index (χ4n) is 2.56. The average Bonchev–Trinajstić information content (AvgIpc) is 3.25. The van der Waals surface area contributed by atoms with Gasteiger partial charge in [-0.05, 0) is 50.3 Å². The summed E-state index contributed by atoms with van der Waals surface area (Å²) in [6.07, 6.45) is 4.50. The molecule has 0 fully saturated rings. The van der Waals surface area contributed by atoms with Gasteiger partial charge in [-0.15, -0.1) is 0 Å². The van der Waals surface area contributed by atoms with E-state index in [1.54, 1.807) is 29.1 Å². The van der Waals surface area contributed by atoms with E-state index in [2.05, 4.69) is 5.10 Å². The minimum atomic E-state index is -0.782. The molecule has 7 heteroatoms. The highest BCUT2D eigenvalue weighted by Crippen LogP contribution is 2.20. The molecule has 3 rings (SSSR count). The monoisotopic (exact) mass is 372 g/mol. The highest BCUT2D eigenvalue weighted by atomic mass is 19.1. The van der Waals surface area contributed by atoms with Crippen LogP contribution in [0.25, 0.3) is 6.08 Å². The summed E-state index contributed by atoms with van der Waals surface area (Å²) in [6.45, 7) is 4.47. The van der Waals surface area contributed by atoms with Gasteiger partial charge in [-0.1, -0.05) is 0 Å². The molecule has 0 aliphatic carbocycles. The van der Waals surface area contributed by atoms with Crippen molar-refractivity contribution < 1.29 is 22.7 Å². The number of rotatable bonds is 7. The Balaban J connectivity index is 1.62. The van der Waals surface area contributed by atoms with Crippen molar-refractivity contribution in [3.05, 3.63) is 77.0 Å². The predicted molar refractivity (Wildman–Crippen MR) is 95.4 cm³/mol. The van der Waals surface area contributed by atoms with Crippen LogP contribution in [-0.4, -0.2) is 15.6 Å². The molecule has 0 amide bonds. The smallest absolute Gasteiger partial charge is 0.189 e. The van der Waals surface area contributed by atoms with Crippen molar-refractivity contribution in [1.82, 2.24) is 9.78 Å². The Bertz CT molecular complexity index is 989. The zero-order chi connectivity index (χ0) is 19.4. The third kappa shape index (κ3) is 4.31. The molecule has 3 aromatic rings. The number of carbonyl (C=O) groups excluding carboxylic acids is 1. The lowest BCUT2D eigenvalue weighted by Gasteiger charge is -2.05. The van der Waals surface area contributed by atoms with Crippen molar-refractivity contribution in [3.63, 3.8) is 0 Å². The van der Waals surface area contributed by atoms with Crippen molar-refractivity contribution in [2.75, 3.05) is 0 Å². The van der Waals surface area contributed by atoms with Gasteiger partial charge in [0.25, 0.3) is 0 Å². The van der Waals surface area contributed by atoms with E-state index in [-0.39, 0.29) is 18.1 Å². The highest BCUT2D eigenvalue weighted by Gasteiger charge is 2.11. The molecule has 140 valence electrons. The van der Waals surface area contributed by atoms with Crippen molar-refractivity contribution >= 4 is 11.9 Å². The summed E-state index contributed by atoms with van der Waals surface area (Å²) in [5.41, 5.74) is 1.34. The molecule has 2 aromatic heterocycles. The summed E-state index contributed by atoms with van der Waals surface area (Å²) in [4.78, 5) is 12.3. The van der Waals surface area contributed by atoms with Crippen LogP contribution in [0.5, 0.6) is 5.75 Å². The van der Waals surface area contributed by atoms with Crippen molar-refractivity contribution in [2.24, 2.45) is 0 Å². The Kier molecular flexibility index (Phi) is 5.49. The molecule has 0 saturated heterocycles. The fourth-order valence-corrected chi connectivity index (χ4v) is 2.56. The van der Waals surface area contributed by atoms with Gasteiger partial charge >= 0.3 is 0 Å². The lowest BCUT2D eigenvalue weighted by atomic mass is 10.1. The zero-order valence-corrected chi connectivity index (χ0v) is 14.9. The van der Waals surface area contributed by atoms with Crippen LogP contribution in [0.2, 0.25) is 0 Å². The van der Waals surface area contributed by atoms with E-state index in [0.717, 1.165) is 17.8 Å². The van der Waals surface area contributed by atoms with Crippen molar-refractivity contribution in [2.45, 2.75) is 27.0 Å². The largest absolute Gasteiger partial charge is 0.483 e. The molecule has 0 spiro atoms. The summed E-state index contributed by atoms with van der Waals surface area (Å²) in [7, 11) is 0. The standard InChI is InChI=1S/C20H18F2N2O3/c1-3-24-13(2)17(11-23-24)19(25)8-7-15-5-6-16(27-15)12-26-20-9-4-14(21)10-18(20)22/h4-11H,3,12H2,1-2H3/b8-7+. The molecule has 0 radical (unpaired) electrons. The van der Waals surface area contributed by atoms with Gasteiger partial charge in [0.1, 0.15) is 23.9 Å². The first-order valence-corrected chi connectivity index (χ1v) is 8.39. The first-order valence-electron chi connectivity index (χ1n) is 8.39. The van der Waals surface area contributed by atoms with Gasteiger partial charge in [0.2, 0.25) is 0 Å². The van der Waals surface area contributed by atoms with E-state index in [1.807, 2.05) is 13.8 Å². The molecule has 0 N–H and O–H groups in total. The third-order valence-electron chi connectivity index (χ3n) is 4.01. The molecule has 2 heterocycles. The van der Waals surface area contributed by atoms with Gasteiger partial charge < -0.3 is 9.15 Å².